The van der Waals surface area contributed by atoms with E-state index in [4.69, 9.17) is 9.15 Å². The van der Waals surface area contributed by atoms with E-state index in [-0.39, 0.29) is 11.5 Å². The summed E-state index contributed by atoms with van der Waals surface area (Å²) < 4.78 is 11.9. The fourth-order valence-corrected chi connectivity index (χ4v) is 3.90. The SMILES string of the molecule is Cc1ccc(CN2CCC3(CC2)CN(C(=O)c2cccnc2)CCO3)o1. The van der Waals surface area contributed by atoms with Crippen LogP contribution in [0.3, 0.4) is 0 Å². The van der Waals surface area contributed by atoms with Gasteiger partial charge in [-0.1, -0.05) is 0 Å². The van der Waals surface area contributed by atoms with E-state index in [1.807, 2.05) is 30.0 Å². The second-order valence-electron chi connectivity index (χ2n) is 7.29. The zero-order valence-corrected chi connectivity index (χ0v) is 15.2. The molecule has 2 aliphatic rings. The summed E-state index contributed by atoms with van der Waals surface area (Å²) in [5.41, 5.74) is 0.432. The lowest BCUT2D eigenvalue weighted by Crippen LogP contribution is -2.57. The molecule has 2 saturated heterocycles. The van der Waals surface area contributed by atoms with Gasteiger partial charge >= 0.3 is 0 Å². The van der Waals surface area contributed by atoms with Crippen molar-refractivity contribution in [3.05, 3.63) is 53.7 Å². The Hall–Kier alpha value is -2.18. The van der Waals surface area contributed by atoms with Crippen LogP contribution in [0.25, 0.3) is 0 Å². The maximum absolute atomic E-state index is 12.7. The molecule has 6 heteroatoms. The number of aryl methyl sites for hydroxylation is 1. The number of rotatable bonds is 3. The van der Waals surface area contributed by atoms with E-state index >= 15 is 0 Å². The van der Waals surface area contributed by atoms with Crippen molar-refractivity contribution >= 4 is 5.91 Å². The summed E-state index contributed by atoms with van der Waals surface area (Å²) in [4.78, 5) is 21.1. The number of nitrogens with zero attached hydrogens (tertiary/aromatic N) is 3. The van der Waals surface area contributed by atoms with Crippen molar-refractivity contribution in [2.75, 3.05) is 32.8 Å². The number of ether oxygens (including phenoxy) is 1. The van der Waals surface area contributed by atoms with Crippen molar-refractivity contribution in [2.45, 2.75) is 31.9 Å². The van der Waals surface area contributed by atoms with E-state index in [1.165, 1.54) is 0 Å². The summed E-state index contributed by atoms with van der Waals surface area (Å²) in [6.07, 6.45) is 5.19. The molecule has 0 N–H and O–H groups in total. The number of carbonyl (C=O) groups is 1. The Kier molecular flexibility index (Phi) is 4.78. The molecule has 0 unspecified atom stereocenters. The molecule has 0 aromatic carbocycles. The van der Waals surface area contributed by atoms with Gasteiger partial charge in [-0.05, 0) is 44.0 Å². The molecule has 1 spiro atoms. The molecule has 1 amide bonds. The lowest BCUT2D eigenvalue weighted by molar-refractivity contribution is -0.128. The van der Waals surface area contributed by atoms with Crippen LogP contribution in [0.2, 0.25) is 0 Å². The van der Waals surface area contributed by atoms with Crippen LogP contribution < -0.4 is 0 Å². The Morgan fingerprint density at radius 1 is 1.23 bits per heavy atom. The third-order valence-electron chi connectivity index (χ3n) is 5.39. The minimum Gasteiger partial charge on any atom is -0.465 e. The monoisotopic (exact) mass is 355 g/mol. The van der Waals surface area contributed by atoms with E-state index in [0.717, 1.165) is 44.0 Å². The van der Waals surface area contributed by atoms with Crippen LogP contribution in [-0.4, -0.2) is 59.1 Å². The molecule has 4 heterocycles. The zero-order chi connectivity index (χ0) is 18.0. The second kappa shape index (κ2) is 7.21. The lowest BCUT2D eigenvalue weighted by Gasteiger charge is -2.47. The first-order valence-electron chi connectivity index (χ1n) is 9.25. The first-order chi connectivity index (χ1) is 12.6. The van der Waals surface area contributed by atoms with Crippen LogP contribution in [0, 0.1) is 6.92 Å². The van der Waals surface area contributed by atoms with Crippen LogP contribution >= 0.6 is 0 Å². The molecule has 2 fully saturated rings. The van der Waals surface area contributed by atoms with Gasteiger partial charge in [0, 0.05) is 32.0 Å². The number of carbonyl (C=O) groups excluding carboxylic acids is 1. The Labute approximate surface area is 153 Å². The Bertz CT molecular complexity index is 751. The first kappa shape index (κ1) is 17.2. The average molecular weight is 355 g/mol. The molecule has 0 atom stereocenters. The number of pyridine rings is 1. The van der Waals surface area contributed by atoms with Crippen molar-refractivity contribution in [3.63, 3.8) is 0 Å². The van der Waals surface area contributed by atoms with Gasteiger partial charge in [-0.3, -0.25) is 14.7 Å². The number of furan rings is 1. The third-order valence-corrected chi connectivity index (χ3v) is 5.39. The summed E-state index contributed by atoms with van der Waals surface area (Å²) in [6, 6.07) is 7.68. The van der Waals surface area contributed by atoms with Gasteiger partial charge in [-0.2, -0.15) is 0 Å². The van der Waals surface area contributed by atoms with Gasteiger partial charge < -0.3 is 14.1 Å². The maximum Gasteiger partial charge on any atom is 0.255 e. The van der Waals surface area contributed by atoms with Crippen molar-refractivity contribution in [1.82, 2.24) is 14.8 Å². The summed E-state index contributed by atoms with van der Waals surface area (Å²) >= 11 is 0. The highest BCUT2D eigenvalue weighted by Gasteiger charge is 2.41. The number of morpholine rings is 1. The predicted molar refractivity (Wildman–Crippen MR) is 96.8 cm³/mol. The van der Waals surface area contributed by atoms with Crippen LogP contribution in [0.5, 0.6) is 0 Å². The Balaban J connectivity index is 1.36. The molecule has 4 rings (SSSR count). The largest absolute Gasteiger partial charge is 0.465 e. The quantitative estimate of drug-likeness (QED) is 0.847. The number of hydrogen-bond acceptors (Lipinski definition) is 5. The lowest BCUT2D eigenvalue weighted by atomic mass is 9.89. The average Bonchev–Trinajstić information content (AvgIpc) is 3.09. The molecular formula is C20H25N3O3. The van der Waals surface area contributed by atoms with E-state index in [9.17, 15) is 4.79 Å². The van der Waals surface area contributed by atoms with Crippen molar-refractivity contribution in [2.24, 2.45) is 0 Å². The van der Waals surface area contributed by atoms with E-state index in [1.54, 1.807) is 18.5 Å². The highest BCUT2D eigenvalue weighted by atomic mass is 16.5. The first-order valence-corrected chi connectivity index (χ1v) is 9.25. The predicted octanol–water partition coefficient (Wildman–Crippen LogP) is 2.49. The van der Waals surface area contributed by atoms with Gasteiger partial charge in [0.1, 0.15) is 11.5 Å². The van der Waals surface area contributed by atoms with Gasteiger partial charge in [0.05, 0.1) is 30.9 Å². The number of amides is 1. The normalized spacial score (nSPS) is 20.4. The van der Waals surface area contributed by atoms with E-state index < -0.39 is 0 Å². The molecule has 2 aromatic rings. The molecule has 26 heavy (non-hydrogen) atoms. The Morgan fingerprint density at radius 2 is 2.08 bits per heavy atom. The van der Waals surface area contributed by atoms with Crippen LogP contribution in [0.15, 0.2) is 41.1 Å². The highest BCUT2D eigenvalue weighted by Crippen LogP contribution is 2.31. The van der Waals surface area contributed by atoms with Gasteiger partial charge in [-0.25, -0.2) is 0 Å². The molecular weight excluding hydrogens is 330 g/mol. The molecule has 2 aromatic heterocycles. The highest BCUT2D eigenvalue weighted by molar-refractivity contribution is 5.94. The van der Waals surface area contributed by atoms with Crippen molar-refractivity contribution < 1.29 is 13.9 Å². The Morgan fingerprint density at radius 3 is 2.77 bits per heavy atom. The van der Waals surface area contributed by atoms with E-state index in [2.05, 4.69) is 9.88 Å². The summed E-state index contributed by atoms with van der Waals surface area (Å²) in [5, 5.41) is 0. The molecule has 138 valence electrons. The number of aromatic nitrogens is 1. The van der Waals surface area contributed by atoms with Crippen LogP contribution in [0.1, 0.15) is 34.7 Å². The number of piperidine rings is 1. The summed E-state index contributed by atoms with van der Waals surface area (Å²) in [6.45, 7) is 6.62. The molecule has 0 aliphatic carbocycles. The third kappa shape index (κ3) is 3.66. The minimum absolute atomic E-state index is 0.0502. The smallest absolute Gasteiger partial charge is 0.255 e. The van der Waals surface area contributed by atoms with Crippen molar-refractivity contribution in [3.8, 4) is 0 Å². The standard InChI is InChI=1S/C20H25N3O3/c1-16-4-5-18(26-16)14-22-9-6-20(7-10-22)15-23(11-12-25-20)19(24)17-3-2-8-21-13-17/h2-5,8,13H,6-7,9-12,14-15H2,1H3. The fraction of sp³-hybridized carbons (Fsp3) is 0.500. The van der Waals surface area contributed by atoms with Gasteiger partial charge in [0.15, 0.2) is 0 Å². The van der Waals surface area contributed by atoms with Gasteiger partial charge in [-0.15, -0.1) is 0 Å². The maximum atomic E-state index is 12.7. The second-order valence-corrected chi connectivity index (χ2v) is 7.29. The van der Waals surface area contributed by atoms with Gasteiger partial charge in [0.25, 0.3) is 5.91 Å². The van der Waals surface area contributed by atoms with Gasteiger partial charge in [0.2, 0.25) is 0 Å². The molecule has 0 bridgehead atoms. The van der Waals surface area contributed by atoms with Crippen molar-refractivity contribution in [1.29, 1.82) is 0 Å². The van der Waals surface area contributed by atoms with Crippen LogP contribution in [-0.2, 0) is 11.3 Å². The number of hydrogen-bond donors (Lipinski definition) is 0. The molecule has 6 nitrogen and oxygen atoms in total. The van der Waals surface area contributed by atoms with E-state index in [0.29, 0.717) is 25.3 Å². The minimum atomic E-state index is -0.217. The fourth-order valence-electron chi connectivity index (χ4n) is 3.90. The summed E-state index contributed by atoms with van der Waals surface area (Å²) in [7, 11) is 0. The zero-order valence-electron chi connectivity index (χ0n) is 15.2. The molecule has 0 saturated carbocycles. The number of likely N-dealkylation sites (tertiary alicyclic amines) is 1. The molecule has 0 radical (unpaired) electrons. The summed E-state index contributed by atoms with van der Waals surface area (Å²) in [5.74, 6) is 2.01. The molecule has 2 aliphatic heterocycles. The topological polar surface area (TPSA) is 58.8 Å². The van der Waals surface area contributed by atoms with Crippen LogP contribution in [0.4, 0.5) is 0 Å².